The van der Waals surface area contributed by atoms with Crippen molar-refractivity contribution < 1.29 is 4.74 Å². The zero-order valence-electron chi connectivity index (χ0n) is 14.3. The van der Waals surface area contributed by atoms with Crippen LogP contribution in [0.5, 0.6) is 0 Å². The van der Waals surface area contributed by atoms with E-state index in [4.69, 9.17) is 10.5 Å². The van der Waals surface area contributed by atoms with Crippen molar-refractivity contribution in [2.45, 2.75) is 59.1 Å². The Hall–Kier alpha value is -0.810. The molecule has 1 fully saturated rings. The van der Waals surface area contributed by atoms with E-state index < -0.39 is 0 Å². The second-order valence-electron chi connectivity index (χ2n) is 6.10. The second kappa shape index (κ2) is 10.0. The highest BCUT2D eigenvalue weighted by Gasteiger charge is 2.22. The molecule has 1 rings (SSSR count). The predicted molar refractivity (Wildman–Crippen MR) is 89.6 cm³/mol. The van der Waals surface area contributed by atoms with E-state index in [0.29, 0.717) is 24.0 Å². The molecule has 2 atom stereocenters. The molecule has 0 bridgehead atoms. The molecule has 3 N–H and O–H groups in total. The van der Waals surface area contributed by atoms with Gasteiger partial charge in [-0.1, -0.05) is 20.8 Å². The Balaban J connectivity index is 2.26. The molecule has 0 aromatic rings. The van der Waals surface area contributed by atoms with Crippen LogP contribution in [0.3, 0.4) is 0 Å². The molecule has 1 saturated heterocycles. The van der Waals surface area contributed by atoms with Gasteiger partial charge in [-0.3, -0.25) is 9.89 Å². The highest BCUT2D eigenvalue weighted by atomic mass is 16.5. The first-order valence-corrected chi connectivity index (χ1v) is 8.47. The fourth-order valence-electron chi connectivity index (χ4n) is 2.94. The van der Waals surface area contributed by atoms with Crippen LogP contribution in [-0.4, -0.2) is 55.8 Å². The summed E-state index contributed by atoms with van der Waals surface area (Å²) in [6, 6.07) is 0.571. The summed E-state index contributed by atoms with van der Waals surface area (Å²) in [5.41, 5.74) is 5.95. The molecular weight excluding hydrogens is 264 g/mol. The van der Waals surface area contributed by atoms with Crippen LogP contribution in [0.25, 0.3) is 0 Å². The molecule has 0 saturated carbocycles. The molecule has 0 radical (unpaired) electrons. The van der Waals surface area contributed by atoms with Gasteiger partial charge in [0.05, 0.1) is 12.6 Å². The summed E-state index contributed by atoms with van der Waals surface area (Å²) in [6.07, 6.45) is 3.78. The topological polar surface area (TPSA) is 62.9 Å². The van der Waals surface area contributed by atoms with Crippen molar-refractivity contribution in [3.63, 3.8) is 0 Å². The van der Waals surface area contributed by atoms with Gasteiger partial charge in [-0.2, -0.15) is 0 Å². The summed E-state index contributed by atoms with van der Waals surface area (Å²) in [4.78, 5) is 6.98. The molecule has 5 heteroatoms. The minimum atomic E-state index is 0.292. The summed E-state index contributed by atoms with van der Waals surface area (Å²) < 4.78 is 5.73. The van der Waals surface area contributed by atoms with Gasteiger partial charge in [0.1, 0.15) is 0 Å². The predicted octanol–water partition coefficient (Wildman–Crippen LogP) is 1.83. The van der Waals surface area contributed by atoms with E-state index in [2.05, 4.69) is 36.0 Å². The Kier molecular flexibility index (Phi) is 8.69. The SMILES string of the molecule is CCOC(CCNC(N)=NCC1CCCN1CC)C(C)C. The summed E-state index contributed by atoms with van der Waals surface area (Å²) in [5, 5.41) is 3.21. The minimum absolute atomic E-state index is 0.292. The van der Waals surface area contributed by atoms with Crippen molar-refractivity contribution in [2.75, 3.05) is 32.8 Å². The number of nitrogens with two attached hydrogens (primary N) is 1. The number of likely N-dealkylation sites (tertiary alicyclic amines) is 1. The van der Waals surface area contributed by atoms with Crippen LogP contribution in [0.1, 0.15) is 47.0 Å². The first-order chi connectivity index (χ1) is 10.1. The molecular formula is C16H34N4O. The molecule has 0 aromatic heterocycles. The van der Waals surface area contributed by atoms with E-state index in [-0.39, 0.29) is 0 Å². The molecule has 0 aliphatic carbocycles. The summed E-state index contributed by atoms with van der Waals surface area (Å²) in [6.45, 7) is 13.3. The zero-order valence-corrected chi connectivity index (χ0v) is 14.3. The average Bonchev–Trinajstić information content (AvgIpc) is 2.91. The normalized spacial score (nSPS) is 22.0. The van der Waals surface area contributed by atoms with Crippen LogP contribution in [0, 0.1) is 5.92 Å². The van der Waals surface area contributed by atoms with Gasteiger partial charge in [0, 0.05) is 19.2 Å². The zero-order chi connectivity index (χ0) is 15.7. The van der Waals surface area contributed by atoms with Crippen LogP contribution in [0.2, 0.25) is 0 Å². The molecule has 5 nitrogen and oxygen atoms in total. The van der Waals surface area contributed by atoms with Crippen LogP contribution >= 0.6 is 0 Å². The van der Waals surface area contributed by atoms with E-state index in [0.717, 1.165) is 32.7 Å². The van der Waals surface area contributed by atoms with Gasteiger partial charge >= 0.3 is 0 Å². The van der Waals surface area contributed by atoms with Gasteiger partial charge in [-0.25, -0.2) is 0 Å². The molecule has 0 spiro atoms. The molecule has 0 aromatic carbocycles. The van der Waals surface area contributed by atoms with Crippen LogP contribution in [-0.2, 0) is 4.74 Å². The van der Waals surface area contributed by atoms with Crippen LogP contribution in [0.4, 0.5) is 0 Å². The number of hydrogen-bond donors (Lipinski definition) is 2. The largest absolute Gasteiger partial charge is 0.378 e. The third-order valence-corrected chi connectivity index (χ3v) is 4.24. The lowest BCUT2D eigenvalue weighted by Crippen LogP contribution is -2.37. The highest BCUT2D eigenvalue weighted by Crippen LogP contribution is 2.16. The van der Waals surface area contributed by atoms with Gasteiger partial charge < -0.3 is 15.8 Å². The van der Waals surface area contributed by atoms with E-state index in [9.17, 15) is 0 Å². The molecule has 1 aliphatic heterocycles. The van der Waals surface area contributed by atoms with Crippen molar-refractivity contribution in [3.8, 4) is 0 Å². The molecule has 1 aliphatic rings. The number of likely N-dealkylation sites (N-methyl/N-ethyl adjacent to an activating group) is 1. The van der Waals surface area contributed by atoms with Crippen molar-refractivity contribution in [1.29, 1.82) is 0 Å². The smallest absolute Gasteiger partial charge is 0.188 e. The first-order valence-electron chi connectivity index (χ1n) is 8.47. The Labute approximate surface area is 130 Å². The Morgan fingerprint density at radius 3 is 2.81 bits per heavy atom. The summed E-state index contributed by atoms with van der Waals surface area (Å²) in [5.74, 6) is 1.10. The molecule has 2 unspecified atom stereocenters. The second-order valence-corrected chi connectivity index (χ2v) is 6.10. The third-order valence-electron chi connectivity index (χ3n) is 4.24. The van der Waals surface area contributed by atoms with Crippen LogP contribution in [0.15, 0.2) is 4.99 Å². The van der Waals surface area contributed by atoms with E-state index in [1.165, 1.54) is 19.4 Å². The fourth-order valence-corrected chi connectivity index (χ4v) is 2.94. The number of nitrogens with zero attached hydrogens (tertiary/aromatic N) is 2. The van der Waals surface area contributed by atoms with Gasteiger partial charge in [0.15, 0.2) is 5.96 Å². The van der Waals surface area contributed by atoms with Crippen molar-refractivity contribution in [1.82, 2.24) is 10.2 Å². The monoisotopic (exact) mass is 298 g/mol. The fraction of sp³-hybridized carbons (Fsp3) is 0.938. The van der Waals surface area contributed by atoms with Crippen molar-refractivity contribution >= 4 is 5.96 Å². The van der Waals surface area contributed by atoms with E-state index >= 15 is 0 Å². The number of nitrogens with one attached hydrogen (secondary N) is 1. The molecule has 1 heterocycles. The molecule has 124 valence electrons. The standard InChI is InChI=1S/C16H34N4O/c1-5-20-11-7-8-14(20)12-19-16(17)18-10-9-15(13(3)4)21-6-2/h13-15H,5-12H2,1-4H3,(H3,17,18,19). The van der Waals surface area contributed by atoms with E-state index in [1.807, 2.05) is 6.92 Å². The van der Waals surface area contributed by atoms with Gasteiger partial charge in [-0.15, -0.1) is 0 Å². The van der Waals surface area contributed by atoms with Gasteiger partial charge in [0.25, 0.3) is 0 Å². The minimum Gasteiger partial charge on any atom is -0.378 e. The lowest BCUT2D eigenvalue weighted by molar-refractivity contribution is 0.0258. The van der Waals surface area contributed by atoms with Crippen LogP contribution < -0.4 is 11.1 Å². The summed E-state index contributed by atoms with van der Waals surface area (Å²) >= 11 is 0. The number of aliphatic imine (C=N–C) groups is 1. The Bertz CT molecular complexity index is 307. The van der Waals surface area contributed by atoms with Crippen molar-refractivity contribution in [3.05, 3.63) is 0 Å². The average molecular weight is 298 g/mol. The quantitative estimate of drug-likeness (QED) is 0.503. The molecule has 21 heavy (non-hydrogen) atoms. The maximum Gasteiger partial charge on any atom is 0.188 e. The first kappa shape index (κ1) is 18.2. The lowest BCUT2D eigenvalue weighted by atomic mass is 10.0. The number of hydrogen-bond acceptors (Lipinski definition) is 3. The lowest BCUT2D eigenvalue weighted by Gasteiger charge is -2.22. The Morgan fingerprint density at radius 2 is 2.19 bits per heavy atom. The molecule has 0 amide bonds. The highest BCUT2D eigenvalue weighted by molar-refractivity contribution is 5.77. The maximum absolute atomic E-state index is 5.95. The van der Waals surface area contributed by atoms with Gasteiger partial charge in [-0.05, 0) is 45.2 Å². The summed E-state index contributed by atoms with van der Waals surface area (Å²) in [7, 11) is 0. The Morgan fingerprint density at radius 1 is 1.43 bits per heavy atom. The number of rotatable bonds is 9. The van der Waals surface area contributed by atoms with E-state index in [1.54, 1.807) is 0 Å². The van der Waals surface area contributed by atoms with Gasteiger partial charge in [0.2, 0.25) is 0 Å². The number of guanidine groups is 1. The van der Waals surface area contributed by atoms with Crippen molar-refractivity contribution in [2.24, 2.45) is 16.6 Å². The number of ether oxygens (including phenoxy) is 1. The maximum atomic E-state index is 5.95. The third kappa shape index (κ3) is 6.66.